The molecule has 2 rings (SSSR count). The van der Waals surface area contributed by atoms with Gasteiger partial charge in [-0.25, -0.2) is 9.37 Å². The number of carbonyl (C=O) groups is 1. The van der Waals surface area contributed by atoms with Crippen LogP contribution in [0.4, 0.5) is 4.39 Å². The molecule has 1 aromatic carbocycles. The van der Waals surface area contributed by atoms with Gasteiger partial charge in [-0.1, -0.05) is 57.1 Å². The lowest BCUT2D eigenvalue weighted by atomic mass is 10.0. The Hall–Kier alpha value is -1.53. The fourth-order valence-corrected chi connectivity index (χ4v) is 4.47. The Morgan fingerprint density at radius 2 is 1.93 bits per heavy atom. The van der Waals surface area contributed by atoms with Gasteiger partial charge in [0.05, 0.1) is 12.3 Å². The number of thioether (sulfide) groups is 1. The van der Waals surface area contributed by atoms with Crippen LogP contribution in [-0.4, -0.2) is 22.1 Å². The molecule has 0 aliphatic rings. The number of imidazole rings is 1. The number of aromatic nitrogens is 2. The first kappa shape index (κ1) is 23.7. The first-order valence-corrected chi connectivity index (χ1v) is 11.4. The van der Waals surface area contributed by atoms with Crippen molar-refractivity contribution in [3.8, 4) is 0 Å². The molecule has 1 aromatic heterocycles. The van der Waals surface area contributed by atoms with E-state index in [4.69, 9.17) is 21.3 Å². The second kappa shape index (κ2) is 11.0. The van der Waals surface area contributed by atoms with Crippen LogP contribution in [-0.2, 0) is 34.7 Å². The smallest absolute Gasteiger partial charge is 0.326 e. The van der Waals surface area contributed by atoms with E-state index in [1.165, 1.54) is 17.8 Å². The largest absolute Gasteiger partial charge is 0.465 e. The van der Waals surface area contributed by atoms with Crippen LogP contribution in [0.1, 0.15) is 51.6 Å². The summed E-state index contributed by atoms with van der Waals surface area (Å²) in [7, 11) is 0. The number of nitrogens with zero attached hydrogens (tertiary/aromatic N) is 2. The SMILES string of the molecule is CCOC(=O)Cn1c(SCc2c(F)cccc2Cl)nc(CC(C)C)c1CC(C)C. The average Bonchev–Trinajstić information content (AvgIpc) is 2.90. The molecule has 0 unspecified atom stereocenters. The first-order valence-electron chi connectivity index (χ1n) is 10.0. The maximum absolute atomic E-state index is 14.2. The van der Waals surface area contributed by atoms with Crippen LogP contribution < -0.4 is 0 Å². The number of carbonyl (C=O) groups excluding carboxylic acids is 1. The van der Waals surface area contributed by atoms with Crippen molar-refractivity contribution < 1.29 is 13.9 Å². The Kier molecular flexibility index (Phi) is 9.03. The van der Waals surface area contributed by atoms with Crippen molar-refractivity contribution in [3.05, 3.63) is 46.0 Å². The minimum atomic E-state index is -0.335. The number of ether oxygens (including phenoxy) is 1. The number of halogens is 2. The van der Waals surface area contributed by atoms with E-state index in [1.54, 1.807) is 19.1 Å². The summed E-state index contributed by atoms with van der Waals surface area (Å²) >= 11 is 7.58. The van der Waals surface area contributed by atoms with Crippen molar-refractivity contribution in [1.29, 1.82) is 0 Å². The lowest BCUT2D eigenvalue weighted by molar-refractivity contribution is -0.144. The van der Waals surface area contributed by atoms with Crippen molar-refractivity contribution in [1.82, 2.24) is 9.55 Å². The lowest BCUT2D eigenvalue weighted by Crippen LogP contribution is -2.17. The molecule has 0 saturated carbocycles. The molecule has 2 aromatic rings. The molecule has 0 bridgehead atoms. The number of esters is 1. The number of hydrogen-bond acceptors (Lipinski definition) is 4. The minimum absolute atomic E-state index is 0.105. The summed E-state index contributed by atoms with van der Waals surface area (Å²) in [6.45, 7) is 10.8. The summed E-state index contributed by atoms with van der Waals surface area (Å²) in [4.78, 5) is 17.1. The lowest BCUT2D eigenvalue weighted by Gasteiger charge is -2.14. The molecule has 0 aliphatic heterocycles. The van der Waals surface area contributed by atoms with E-state index in [0.717, 1.165) is 24.2 Å². The van der Waals surface area contributed by atoms with E-state index in [2.05, 4.69) is 27.7 Å². The third-order valence-corrected chi connectivity index (χ3v) is 5.68. The van der Waals surface area contributed by atoms with Crippen LogP contribution >= 0.6 is 23.4 Å². The van der Waals surface area contributed by atoms with Gasteiger partial charge in [0.1, 0.15) is 12.4 Å². The summed E-state index contributed by atoms with van der Waals surface area (Å²) in [6.07, 6.45) is 1.64. The molecule has 0 spiro atoms. The van der Waals surface area contributed by atoms with Crippen LogP contribution in [0.15, 0.2) is 23.4 Å². The highest BCUT2D eigenvalue weighted by Crippen LogP contribution is 2.31. The van der Waals surface area contributed by atoms with Gasteiger partial charge in [0.2, 0.25) is 0 Å². The highest BCUT2D eigenvalue weighted by molar-refractivity contribution is 7.98. The number of rotatable bonds is 10. The van der Waals surface area contributed by atoms with Crippen molar-refractivity contribution in [3.63, 3.8) is 0 Å². The fraction of sp³-hybridized carbons (Fsp3) is 0.545. The minimum Gasteiger partial charge on any atom is -0.465 e. The van der Waals surface area contributed by atoms with Gasteiger partial charge in [0.25, 0.3) is 0 Å². The van der Waals surface area contributed by atoms with E-state index in [-0.39, 0.29) is 18.3 Å². The fourth-order valence-electron chi connectivity index (χ4n) is 3.09. The maximum atomic E-state index is 14.2. The molecule has 1 heterocycles. The molecule has 0 saturated heterocycles. The summed E-state index contributed by atoms with van der Waals surface area (Å²) in [5, 5.41) is 1.09. The van der Waals surface area contributed by atoms with Gasteiger partial charge < -0.3 is 9.30 Å². The van der Waals surface area contributed by atoms with Crippen LogP contribution in [0, 0.1) is 17.7 Å². The molecule has 0 aliphatic carbocycles. The maximum Gasteiger partial charge on any atom is 0.326 e. The van der Waals surface area contributed by atoms with Gasteiger partial charge in [0, 0.05) is 22.0 Å². The second-order valence-electron chi connectivity index (χ2n) is 7.86. The van der Waals surface area contributed by atoms with E-state index in [0.29, 0.717) is 39.9 Å². The Balaban J connectivity index is 2.41. The molecule has 160 valence electrons. The molecule has 0 atom stereocenters. The van der Waals surface area contributed by atoms with Crippen LogP contribution in [0.3, 0.4) is 0 Å². The van der Waals surface area contributed by atoms with Crippen molar-refractivity contribution in [2.75, 3.05) is 6.61 Å². The molecule has 7 heteroatoms. The predicted molar refractivity (Wildman–Crippen MR) is 117 cm³/mol. The van der Waals surface area contributed by atoms with E-state index in [1.807, 2.05) is 4.57 Å². The average molecular weight is 441 g/mol. The summed E-state index contributed by atoms with van der Waals surface area (Å²) in [5.74, 6) is 0.561. The van der Waals surface area contributed by atoms with E-state index < -0.39 is 0 Å². The molecular weight excluding hydrogens is 411 g/mol. The topological polar surface area (TPSA) is 44.1 Å². The van der Waals surface area contributed by atoms with Crippen molar-refractivity contribution >= 4 is 29.3 Å². The highest BCUT2D eigenvalue weighted by Gasteiger charge is 2.22. The number of benzene rings is 1. The van der Waals surface area contributed by atoms with Crippen LogP contribution in [0.5, 0.6) is 0 Å². The molecule has 29 heavy (non-hydrogen) atoms. The van der Waals surface area contributed by atoms with Crippen LogP contribution in [0.2, 0.25) is 5.02 Å². The Morgan fingerprint density at radius 3 is 2.52 bits per heavy atom. The Labute approximate surface area is 182 Å². The van der Waals surface area contributed by atoms with Gasteiger partial charge >= 0.3 is 5.97 Å². The molecule has 0 amide bonds. The third kappa shape index (κ3) is 6.75. The summed E-state index contributed by atoms with van der Waals surface area (Å²) in [5.41, 5.74) is 2.50. The van der Waals surface area contributed by atoms with Gasteiger partial charge in [-0.15, -0.1) is 0 Å². The Bertz CT molecular complexity index is 816. The third-order valence-electron chi connectivity index (χ3n) is 4.32. The van der Waals surface area contributed by atoms with Crippen molar-refractivity contribution in [2.24, 2.45) is 11.8 Å². The normalized spacial score (nSPS) is 11.5. The van der Waals surface area contributed by atoms with Gasteiger partial charge in [0.15, 0.2) is 5.16 Å². The highest BCUT2D eigenvalue weighted by atomic mass is 35.5. The zero-order chi connectivity index (χ0) is 21.6. The summed E-state index contributed by atoms with van der Waals surface area (Å²) < 4.78 is 21.3. The second-order valence-corrected chi connectivity index (χ2v) is 9.21. The molecule has 4 nitrogen and oxygen atoms in total. The monoisotopic (exact) mass is 440 g/mol. The van der Waals surface area contributed by atoms with Gasteiger partial charge in [-0.3, -0.25) is 4.79 Å². The van der Waals surface area contributed by atoms with E-state index in [9.17, 15) is 9.18 Å². The van der Waals surface area contributed by atoms with Crippen LogP contribution in [0.25, 0.3) is 0 Å². The molecule has 0 fully saturated rings. The Morgan fingerprint density at radius 1 is 1.24 bits per heavy atom. The standard InChI is InChI=1S/C22H30ClFN2O2S/c1-6-28-21(27)12-26-20(11-15(4)5)19(10-14(2)3)25-22(26)29-13-16-17(23)8-7-9-18(16)24/h7-9,14-15H,6,10-13H2,1-5H3. The molecular formula is C22H30ClFN2O2S. The first-order chi connectivity index (χ1) is 13.7. The molecule has 0 N–H and O–H groups in total. The van der Waals surface area contributed by atoms with E-state index >= 15 is 0 Å². The van der Waals surface area contributed by atoms with Crippen molar-refractivity contribution in [2.45, 2.75) is 64.9 Å². The quantitative estimate of drug-likeness (QED) is 0.339. The molecule has 0 radical (unpaired) electrons. The summed E-state index contributed by atoms with van der Waals surface area (Å²) in [6, 6.07) is 4.68. The zero-order valence-corrected chi connectivity index (χ0v) is 19.4. The van der Waals surface area contributed by atoms with Gasteiger partial charge in [-0.2, -0.15) is 0 Å². The van der Waals surface area contributed by atoms with Gasteiger partial charge in [-0.05, 0) is 43.7 Å². The zero-order valence-electron chi connectivity index (χ0n) is 17.8. The number of hydrogen-bond donors (Lipinski definition) is 0. The predicted octanol–water partition coefficient (Wildman–Crippen LogP) is 5.93.